The first-order valence-electron chi connectivity index (χ1n) is 6.82. The second-order valence-corrected chi connectivity index (χ2v) is 5.08. The van der Waals surface area contributed by atoms with Crippen molar-refractivity contribution >= 4 is 0 Å². The van der Waals surface area contributed by atoms with Crippen LogP contribution in [0.5, 0.6) is 5.75 Å². The van der Waals surface area contributed by atoms with Crippen molar-refractivity contribution in [1.82, 2.24) is 5.32 Å². The summed E-state index contributed by atoms with van der Waals surface area (Å²) in [6.45, 7) is 6.84. The topological polar surface area (TPSA) is 30.5 Å². The SMILES string of the molecule is CC(C)Oc1ccc(CNC[C@@H]2CCCO2)cc1. The van der Waals surface area contributed by atoms with E-state index in [1.165, 1.54) is 18.4 Å². The standard InChI is InChI=1S/C15H23NO2/c1-12(2)18-14-7-5-13(6-8-14)10-16-11-15-4-3-9-17-15/h5-8,12,15-16H,3-4,9-11H2,1-2H3/t15-/m0/s1. The molecule has 0 radical (unpaired) electrons. The molecule has 0 amide bonds. The summed E-state index contributed by atoms with van der Waals surface area (Å²) in [5.74, 6) is 0.938. The minimum atomic E-state index is 0.230. The average molecular weight is 249 g/mol. The van der Waals surface area contributed by atoms with Crippen molar-refractivity contribution in [2.75, 3.05) is 13.2 Å². The quantitative estimate of drug-likeness (QED) is 0.841. The molecule has 1 aromatic rings. The van der Waals surface area contributed by atoms with E-state index in [1.54, 1.807) is 0 Å². The van der Waals surface area contributed by atoms with Gasteiger partial charge in [-0.1, -0.05) is 12.1 Å². The molecule has 1 aliphatic rings. The number of rotatable bonds is 6. The van der Waals surface area contributed by atoms with Crippen molar-refractivity contribution < 1.29 is 9.47 Å². The van der Waals surface area contributed by atoms with Gasteiger partial charge in [-0.25, -0.2) is 0 Å². The summed E-state index contributed by atoms with van der Waals surface area (Å²) in [6.07, 6.45) is 3.03. The fraction of sp³-hybridized carbons (Fsp3) is 0.600. The predicted molar refractivity (Wildman–Crippen MR) is 72.9 cm³/mol. The van der Waals surface area contributed by atoms with Crippen LogP contribution in [0.2, 0.25) is 0 Å². The third kappa shape index (κ3) is 4.31. The predicted octanol–water partition coefficient (Wildman–Crippen LogP) is 2.74. The monoisotopic (exact) mass is 249 g/mol. The molecule has 0 bridgehead atoms. The van der Waals surface area contributed by atoms with Gasteiger partial charge in [-0.15, -0.1) is 0 Å². The summed E-state index contributed by atoms with van der Waals surface area (Å²) in [5, 5.41) is 3.44. The highest BCUT2D eigenvalue weighted by atomic mass is 16.5. The Balaban J connectivity index is 1.72. The van der Waals surface area contributed by atoms with Gasteiger partial charge in [-0.05, 0) is 44.4 Å². The maximum absolute atomic E-state index is 5.61. The lowest BCUT2D eigenvalue weighted by Gasteiger charge is -2.12. The lowest BCUT2D eigenvalue weighted by molar-refractivity contribution is 0.110. The molecular formula is C15H23NO2. The molecular weight excluding hydrogens is 226 g/mol. The maximum Gasteiger partial charge on any atom is 0.119 e. The minimum Gasteiger partial charge on any atom is -0.491 e. The van der Waals surface area contributed by atoms with Gasteiger partial charge in [0.25, 0.3) is 0 Å². The Labute approximate surface area is 109 Å². The average Bonchev–Trinajstić information content (AvgIpc) is 2.84. The first-order valence-corrected chi connectivity index (χ1v) is 6.82. The van der Waals surface area contributed by atoms with Gasteiger partial charge >= 0.3 is 0 Å². The third-order valence-corrected chi connectivity index (χ3v) is 3.02. The summed E-state index contributed by atoms with van der Waals surface area (Å²) in [4.78, 5) is 0. The molecule has 0 spiro atoms. The van der Waals surface area contributed by atoms with Gasteiger partial charge in [-0.3, -0.25) is 0 Å². The van der Waals surface area contributed by atoms with E-state index in [4.69, 9.17) is 9.47 Å². The van der Waals surface area contributed by atoms with Gasteiger partial charge < -0.3 is 14.8 Å². The van der Waals surface area contributed by atoms with E-state index in [1.807, 2.05) is 26.0 Å². The molecule has 1 heterocycles. The molecule has 1 saturated heterocycles. The van der Waals surface area contributed by atoms with Crippen LogP contribution in [0.3, 0.4) is 0 Å². The molecule has 1 atom stereocenters. The molecule has 3 heteroatoms. The van der Waals surface area contributed by atoms with Crippen molar-refractivity contribution in [2.45, 2.75) is 45.4 Å². The zero-order chi connectivity index (χ0) is 12.8. The zero-order valence-electron chi connectivity index (χ0n) is 11.3. The normalized spacial score (nSPS) is 19.4. The summed E-state index contributed by atoms with van der Waals surface area (Å²) < 4.78 is 11.2. The van der Waals surface area contributed by atoms with E-state index in [0.717, 1.165) is 25.4 Å². The molecule has 1 aliphatic heterocycles. The van der Waals surface area contributed by atoms with Crippen LogP contribution in [0.25, 0.3) is 0 Å². The molecule has 2 rings (SSSR count). The van der Waals surface area contributed by atoms with Gasteiger partial charge in [-0.2, -0.15) is 0 Å². The highest BCUT2D eigenvalue weighted by molar-refractivity contribution is 5.27. The number of ether oxygens (including phenoxy) is 2. The van der Waals surface area contributed by atoms with Crippen LogP contribution in [-0.4, -0.2) is 25.4 Å². The Bertz CT molecular complexity index is 342. The smallest absolute Gasteiger partial charge is 0.119 e. The highest BCUT2D eigenvalue weighted by Gasteiger charge is 2.14. The lowest BCUT2D eigenvalue weighted by Crippen LogP contribution is -2.25. The van der Waals surface area contributed by atoms with Gasteiger partial charge in [0, 0.05) is 19.7 Å². The first kappa shape index (κ1) is 13.4. The number of hydrogen-bond donors (Lipinski definition) is 1. The molecule has 18 heavy (non-hydrogen) atoms. The summed E-state index contributed by atoms with van der Waals surface area (Å²) in [7, 11) is 0. The highest BCUT2D eigenvalue weighted by Crippen LogP contribution is 2.14. The summed E-state index contributed by atoms with van der Waals surface area (Å²) in [6, 6.07) is 8.28. The third-order valence-electron chi connectivity index (χ3n) is 3.02. The largest absolute Gasteiger partial charge is 0.491 e. The van der Waals surface area contributed by atoms with E-state index in [9.17, 15) is 0 Å². The second kappa shape index (κ2) is 6.76. The van der Waals surface area contributed by atoms with E-state index in [0.29, 0.717) is 6.10 Å². The van der Waals surface area contributed by atoms with Crippen molar-refractivity contribution in [3.63, 3.8) is 0 Å². The molecule has 0 saturated carbocycles. The zero-order valence-corrected chi connectivity index (χ0v) is 11.3. The Morgan fingerprint density at radius 3 is 2.72 bits per heavy atom. The lowest BCUT2D eigenvalue weighted by atomic mass is 10.2. The molecule has 1 N–H and O–H groups in total. The van der Waals surface area contributed by atoms with Crippen molar-refractivity contribution in [1.29, 1.82) is 0 Å². The van der Waals surface area contributed by atoms with Crippen LogP contribution in [0.1, 0.15) is 32.3 Å². The minimum absolute atomic E-state index is 0.230. The fourth-order valence-corrected chi connectivity index (χ4v) is 2.14. The molecule has 1 aromatic carbocycles. The summed E-state index contributed by atoms with van der Waals surface area (Å²) >= 11 is 0. The van der Waals surface area contributed by atoms with Crippen LogP contribution in [0, 0.1) is 0 Å². The Morgan fingerprint density at radius 2 is 2.11 bits per heavy atom. The van der Waals surface area contributed by atoms with Crippen LogP contribution >= 0.6 is 0 Å². The van der Waals surface area contributed by atoms with Crippen LogP contribution < -0.4 is 10.1 Å². The van der Waals surface area contributed by atoms with Gasteiger partial charge in [0.05, 0.1) is 12.2 Å². The van der Waals surface area contributed by atoms with E-state index in [-0.39, 0.29) is 6.10 Å². The molecule has 0 aliphatic carbocycles. The van der Waals surface area contributed by atoms with Crippen molar-refractivity contribution in [2.24, 2.45) is 0 Å². The fourth-order valence-electron chi connectivity index (χ4n) is 2.14. The molecule has 0 unspecified atom stereocenters. The molecule has 1 fully saturated rings. The first-order chi connectivity index (χ1) is 8.74. The van der Waals surface area contributed by atoms with Crippen LogP contribution in [0.15, 0.2) is 24.3 Å². The van der Waals surface area contributed by atoms with Crippen molar-refractivity contribution in [3.05, 3.63) is 29.8 Å². The van der Waals surface area contributed by atoms with Gasteiger partial charge in [0.1, 0.15) is 5.75 Å². The van der Waals surface area contributed by atoms with E-state index in [2.05, 4.69) is 17.4 Å². The van der Waals surface area contributed by atoms with E-state index >= 15 is 0 Å². The number of hydrogen-bond acceptors (Lipinski definition) is 3. The second-order valence-electron chi connectivity index (χ2n) is 5.08. The van der Waals surface area contributed by atoms with Crippen LogP contribution in [0.4, 0.5) is 0 Å². The Kier molecular flexibility index (Phi) is 5.02. The summed E-state index contributed by atoms with van der Waals surface area (Å²) in [5.41, 5.74) is 1.28. The molecule has 3 nitrogen and oxygen atoms in total. The maximum atomic E-state index is 5.61. The molecule has 100 valence electrons. The van der Waals surface area contributed by atoms with E-state index < -0.39 is 0 Å². The van der Waals surface area contributed by atoms with Gasteiger partial charge in [0.15, 0.2) is 0 Å². The van der Waals surface area contributed by atoms with Gasteiger partial charge in [0.2, 0.25) is 0 Å². The Hall–Kier alpha value is -1.06. The van der Waals surface area contributed by atoms with Crippen molar-refractivity contribution in [3.8, 4) is 5.75 Å². The Morgan fingerprint density at radius 1 is 1.33 bits per heavy atom. The number of nitrogens with one attached hydrogen (secondary N) is 1. The van der Waals surface area contributed by atoms with Crippen LogP contribution in [-0.2, 0) is 11.3 Å². The molecule has 0 aromatic heterocycles. The number of benzene rings is 1.